The van der Waals surface area contributed by atoms with E-state index in [1.165, 1.54) is 6.20 Å². The van der Waals surface area contributed by atoms with Crippen LogP contribution in [-0.4, -0.2) is 30.3 Å². The smallest absolute Gasteiger partial charge is 0.318 e. The molecule has 0 radical (unpaired) electrons. The summed E-state index contributed by atoms with van der Waals surface area (Å²) in [5.74, 6) is 0.504. The Kier molecular flexibility index (Phi) is 8.75. The number of aromatic nitrogens is 2. The summed E-state index contributed by atoms with van der Waals surface area (Å²) in [7, 11) is 1.60. The van der Waals surface area contributed by atoms with E-state index < -0.39 is 0 Å². The van der Waals surface area contributed by atoms with Crippen LogP contribution in [0, 0.1) is 11.3 Å². The molecule has 0 saturated heterocycles. The SMILES string of the molecule is CC.COCCOc1ncc(N)c(NC(C)c2ccc(C#N)cc2)n1. The van der Waals surface area contributed by atoms with E-state index in [0.29, 0.717) is 30.3 Å². The number of hydrogen-bond acceptors (Lipinski definition) is 7. The van der Waals surface area contributed by atoms with Gasteiger partial charge < -0.3 is 20.5 Å². The van der Waals surface area contributed by atoms with E-state index in [0.717, 1.165) is 5.56 Å². The number of ether oxygens (including phenoxy) is 2. The van der Waals surface area contributed by atoms with Crippen LogP contribution in [0.25, 0.3) is 0 Å². The van der Waals surface area contributed by atoms with Gasteiger partial charge in [0.1, 0.15) is 6.61 Å². The summed E-state index contributed by atoms with van der Waals surface area (Å²) in [5.41, 5.74) is 7.98. The van der Waals surface area contributed by atoms with Crippen LogP contribution < -0.4 is 15.8 Å². The van der Waals surface area contributed by atoms with Gasteiger partial charge in [0, 0.05) is 7.11 Å². The van der Waals surface area contributed by atoms with Gasteiger partial charge in [-0.25, -0.2) is 4.98 Å². The summed E-state index contributed by atoms with van der Waals surface area (Å²) in [6.07, 6.45) is 1.50. The van der Waals surface area contributed by atoms with Gasteiger partial charge in [0.15, 0.2) is 5.82 Å². The van der Waals surface area contributed by atoms with Crippen molar-refractivity contribution in [2.24, 2.45) is 0 Å². The highest BCUT2D eigenvalue weighted by molar-refractivity contribution is 5.60. The van der Waals surface area contributed by atoms with Crippen LogP contribution in [0.15, 0.2) is 30.5 Å². The molecule has 0 amide bonds. The summed E-state index contributed by atoms with van der Waals surface area (Å²) in [6.45, 7) is 6.80. The quantitative estimate of drug-likeness (QED) is 0.744. The van der Waals surface area contributed by atoms with E-state index in [1.54, 1.807) is 19.2 Å². The molecule has 0 aliphatic heterocycles. The molecule has 0 spiro atoms. The highest BCUT2D eigenvalue weighted by Gasteiger charge is 2.11. The summed E-state index contributed by atoms with van der Waals surface area (Å²) in [4.78, 5) is 8.29. The predicted octanol–water partition coefficient (Wildman–Crippen LogP) is 3.15. The number of nitrogens with zero attached hydrogens (tertiary/aromatic N) is 3. The van der Waals surface area contributed by atoms with Crippen LogP contribution in [0.1, 0.15) is 37.9 Å². The molecule has 2 aromatic rings. The van der Waals surface area contributed by atoms with Crippen LogP contribution >= 0.6 is 0 Å². The number of nitriles is 1. The molecule has 0 bridgehead atoms. The van der Waals surface area contributed by atoms with Crippen molar-refractivity contribution in [1.82, 2.24) is 9.97 Å². The Bertz CT molecular complexity index is 683. The summed E-state index contributed by atoms with van der Waals surface area (Å²) in [6, 6.07) is 9.63. The molecule has 0 aliphatic carbocycles. The van der Waals surface area contributed by atoms with Gasteiger partial charge in [-0.15, -0.1) is 0 Å². The van der Waals surface area contributed by atoms with Crippen LogP contribution in [0.4, 0.5) is 11.5 Å². The van der Waals surface area contributed by atoms with Gasteiger partial charge >= 0.3 is 6.01 Å². The van der Waals surface area contributed by atoms with E-state index >= 15 is 0 Å². The molecule has 0 aliphatic rings. The summed E-state index contributed by atoms with van der Waals surface area (Å²) in [5, 5.41) is 12.1. The van der Waals surface area contributed by atoms with Gasteiger partial charge in [0.05, 0.1) is 36.2 Å². The molecule has 1 atom stereocenters. The Morgan fingerprint density at radius 3 is 2.52 bits per heavy atom. The number of methoxy groups -OCH3 is 1. The van der Waals surface area contributed by atoms with Crippen LogP contribution in [0.5, 0.6) is 6.01 Å². The average Bonchev–Trinajstić information content (AvgIpc) is 2.66. The van der Waals surface area contributed by atoms with Gasteiger partial charge in [-0.05, 0) is 24.6 Å². The van der Waals surface area contributed by atoms with E-state index in [1.807, 2.05) is 32.9 Å². The minimum Gasteiger partial charge on any atom is -0.461 e. The molecule has 7 heteroatoms. The standard InChI is InChI=1S/C16H19N5O2.C2H6/c1-11(13-5-3-12(9-17)4-6-13)20-15-14(18)10-19-16(21-15)23-8-7-22-2;1-2/h3-6,10-11H,7-8,18H2,1-2H3,(H,19,20,21);1-2H3. The van der Waals surface area contributed by atoms with Crippen LogP contribution in [0.2, 0.25) is 0 Å². The Morgan fingerprint density at radius 2 is 1.92 bits per heavy atom. The van der Waals surface area contributed by atoms with Gasteiger partial charge in [0.25, 0.3) is 0 Å². The van der Waals surface area contributed by atoms with Crippen molar-refractivity contribution in [2.45, 2.75) is 26.8 Å². The second kappa shape index (κ2) is 10.8. The Balaban J connectivity index is 0.00000151. The number of hydrogen-bond donors (Lipinski definition) is 2. The fourth-order valence-electron chi connectivity index (χ4n) is 1.91. The van der Waals surface area contributed by atoms with Crippen molar-refractivity contribution in [3.05, 3.63) is 41.6 Å². The monoisotopic (exact) mass is 343 g/mol. The Labute approximate surface area is 148 Å². The molecule has 1 unspecified atom stereocenters. The third-order valence-electron chi connectivity index (χ3n) is 3.21. The molecular weight excluding hydrogens is 318 g/mol. The number of nitrogen functional groups attached to an aromatic ring is 1. The van der Waals surface area contributed by atoms with Crippen molar-refractivity contribution in [3.63, 3.8) is 0 Å². The lowest BCUT2D eigenvalue weighted by Crippen LogP contribution is -2.12. The number of nitrogens with one attached hydrogen (secondary N) is 1. The van der Waals surface area contributed by atoms with Gasteiger partial charge in [-0.1, -0.05) is 26.0 Å². The summed E-state index contributed by atoms with van der Waals surface area (Å²) >= 11 is 0. The van der Waals surface area contributed by atoms with Gasteiger partial charge in [0.2, 0.25) is 0 Å². The van der Waals surface area contributed by atoms with Crippen molar-refractivity contribution >= 4 is 11.5 Å². The van der Waals surface area contributed by atoms with Crippen molar-refractivity contribution < 1.29 is 9.47 Å². The van der Waals surface area contributed by atoms with Crippen LogP contribution in [-0.2, 0) is 4.74 Å². The molecule has 7 nitrogen and oxygen atoms in total. The molecule has 1 heterocycles. The average molecular weight is 343 g/mol. The van der Waals surface area contributed by atoms with Crippen molar-refractivity contribution in [3.8, 4) is 12.1 Å². The minimum atomic E-state index is -0.0354. The molecule has 3 N–H and O–H groups in total. The number of nitrogens with two attached hydrogens (primary N) is 1. The number of anilines is 2. The lowest BCUT2D eigenvalue weighted by Gasteiger charge is -2.16. The van der Waals surface area contributed by atoms with Gasteiger partial charge in [-0.2, -0.15) is 10.2 Å². The lowest BCUT2D eigenvalue weighted by molar-refractivity contribution is 0.141. The molecule has 1 aromatic carbocycles. The first-order valence-corrected chi connectivity index (χ1v) is 8.15. The van der Waals surface area contributed by atoms with Crippen molar-refractivity contribution in [2.75, 3.05) is 31.4 Å². The maximum absolute atomic E-state index is 8.84. The Morgan fingerprint density at radius 1 is 1.24 bits per heavy atom. The minimum absolute atomic E-state index is 0.0354. The first-order chi connectivity index (χ1) is 12.1. The maximum atomic E-state index is 8.84. The summed E-state index contributed by atoms with van der Waals surface area (Å²) < 4.78 is 10.3. The highest BCUT2D eigenvalue weighted by Crippen LogP contribution is 2.23. The van der Waals surface area contributed by atoms with E-state index in [9.17, 15) is 0 Å². The maximum Gasteiger partial charge on any atom is 0.318 e. The lowest BCUT2D eigenvalue weighted by atomic mass is 10.1. The molecule has 134 valence electrons. The highest BCUT2D eigenvalue weighted by atomic mass is 16.5. The zero-order valence-electron chi connectivity index (χ0n) is 15.1. The van der Waals surface area contributed by atoms with Crippen molar-refractivity contribution in [1.29, 1.82) is 5.26 Å². The third-order valence-corrected chi connectivity index (χ3v) is 3.21. The normalized spacial score (nSPS) is 10.8. The molecule has 1 aromatic heterocycles. The largest absolute Gasteiger partial charge is 0.461 e. The second-order valence-corrected chi connectivity index (χ2v) is 4.90. The van der Waals surface area contributed by atoms with Gasteiger partial charge in [-0.3, -0.25) is 0 Å². The second-order valence-electron chi connectivity index (χ2n) is 4.90. The zero-order chi connectivity index (χ0) is 18.7. The van der Waals surface area contributed by atoms with E-state index in [4.69, 9.17) is 20.5 Å². The fourth-order valence-corrected chi connectivity index (χ4v) is 1.91. The van der Waals surface area contributed by atoms with E-state index in [-0.39, 0.29) is 12.1 Å². The Hall–Kier alpha value is -2.85. The molecular formula is C18H25N5O2. The molecule has 2 rings (SSSR count). The molecule has 0 saturated carbocycles. The first-order valence-electron chi connectivity index (χ1n) is 8.15. The topological polar surface area (TPSA) is 106 Å². The predicted molar refractivity (Wildman–Crippen MR) is 98.4 cm³/mol. The third kappa shape index (κ3) is 6.28. The van der Waals surface area contributed by atoms with E-state index in [2.05, 4.69) is 21.4 Å². The zero-order valence-corrected chi connectivity index (χ0v) is 15.1. The fraction of sp³-hybridized carbons (Fsp3) is 0.389. The molecule has 25 heavy (non-hydrogen) atoms. The number of benzene rings is 1. The molecule has 0 fully saturated rings. The number of rotatable bonds is 7. The van der Waals surface area contributed by atoms with Crippen LogP contribution in [0.3, 0.4) is 0 Å². The first kappa shape index (κ1) is 20.2.